The molecule has 0 spiro atoms. The highest BCUT2D eigenvalue weighted by molar-refractivity contribution is 9.09. The average molecular weight is 297 g/mol. The van der Waals surface area contributed by atoms with Gasteiger partial charge in [-0.2, -0.15) is 0 Å². The molecular formula is C14H14BrFO. The van der Waals surface area contributed by atoms with Gasteiger partial charge in [-0.3, -0.25) is 0 Å². The van der Waals surface area contributed by atoms with Crippen molar-refractivity contribution in [3.8, 4) is 0 Å². The van der Waals surface area contributed by atoms with Crippen molar-refractivity contribution >= 4 is 15.9 Å². The van der Waals surface area contributed by atoms with Crippen molar-refractivity contribution in [1.82, 2.24) is 0 Å². The molecule has 0 amide bonds. The van der Waals surface area contributed by atoms with E-state index in [1.165, 1.54) is 6.07 Å². The molecule has 0 aliphatic heterocycles. The van der Waals surface area contributed by atoms with Gasteiger partial charge in [0.2, 0.25) is 0 Å². The van der Waals surface area contributed by atoms with Gasteiger partial charge in [0.25, 0.3) is 0 Å². The Balaban J connectivity index is 2.08. The van der Waals surface area contributed by atoms with E-state index in [-0.39, 0.29) is 10.6 Å². The monoisotopic (exact) mass is 296 g/mol. The normalized spacial score (nSPS) is 12.6. The third-order valence-corrected chi connectivity index (χ3v) is 3.42. The maximum absolute atomic E-state index is 13.0. The molecule has 90 valence electrons. The number of alkyl halides is 1. The van der Waals surface area contributed by atoms with E-state index in [1.54, 1.807) is 12.1 Å². The van der Waals surface area contributed by atoms with E-state index in [9.17, 15) is 4.39 Å². The molecule has 2 rings (SSSR count). The molecule has 1 heterocycles. The topological polar surface area (TPSA) is 13.1 Å². The number of hydrogen-bond acceptors (Lipinski definition) is 1. The number of halogens is 2. The molecule has 0 bridgehead atoms. The van der Waals surface area contributed by atoms with Crippen molar-refractivity contribution in [2.45, 2.75) is 24.6 Å². The molecule has 1 unspecified atom stereocenters. The van der Waals surface area contributed by atoms with Crippen LogP contribution in [-0.2, 0) is 12.8 Å². The Bertz CT molecular complexity index is 492. The molecule has 0 radical (unpaired) electrons. The zero-order valence-corrected chi connectivity index (χ0v) is 11.2. The molecule has 1 atom stereocenters. The van der Waals surface area contributed by atoms with Crippen LogP contribution in [-0.4, -0.2) is 0 Å². The number of aryl methyl sites for hydroxylation is 1. The Hall–Kier alpha value is -1.09. The molecule has 0 aliphatic carbocycles. The van der Waals surface area contributed by atoms with Gasteiger partial charge >= 0.3 is 0 Å². The van der Waals surface area contributed by atoms with Crippen molar-refractivity contribution in [2.24, 2.45) is 0 Å². The molecule has 1 nitrogen and oxygen atoms in total. The summed E-state index contributed by atoms with van der Waals surface area (Å²) in [6.07, 6.45) is 1.61. The van der Waals surface area contributed by atoms with Crippen LogP contribution < -0.4 is 0 Å². The van der Waals surface area contributed by atoms with E-state index >= 15 is 0 Å². The van der Waals surface area contributed by atoms with Gasteiger partial charge in [-0.25, -0.2) is 4.39 Å². The Morgan fingerprint density at radius 1 is 1.29 bits per heavy atom. The van der Waals surface area contributed by atoms with Crippen LogP contribution in [0.3, 0.4) is 0 Å². The van der Waals surface area contributed by atoms with Crippen molar-refractivity contribution in [3.63, 3.8) is 0 Å². The first-order valence-corrected chi connectivity index (χ1v) is 6.57. The second kappa shape index (κ2) is 5.50. The summed E-state index contributed by atoms with van der Waals surface area (Å²) in [7, 11) is 0. The molecule has 0 saturated carbocycles. The molecule has 0 aliphatic rings. The smallest absolute Gasteiger partial charge is 0.123 e. The van der Waals surface area contributed by atoms with Gasteiger partial charge in [0.15, 0.2) is 0 Å². The summed E-state index contributed by atoms with van der Waals surface area (Å²) in [6, 6.07) is 10.6. The summed E-state index contributed by atoms with van der Waals surface area (Å²) in [4.78, 5) is 0.0876. The lowest BCUT2D eigenvalue weighted by Gasteiger charge is -2.07. The van der Waals surface area contributed by atoms with Crippen molar-refractivity contribution in [1.29, 1.82) is 0 Å². The summed E-state index contributed by atoms with van der Waals surface area (Å²) in [5.41, 5.74) is 0.960. The Kier molecular flexibility index (Phi) is 4.00. The third kappa shape index (κ3) is 3.19. The molecule has 2 aromatic rings. The minimum atomic E-state index is -0.198. The second-order valence-electron chi connectivity index (χ2n) is 3.96. The van der Waals surface area contributed by atoms with Gasteiger partial charge in [-0.05, 0) is 36.2 Å². The van der Waals surface area contributed by atoms with Gasteiger partial charge in [0, 0.05) is 6.42 Å². The van der Waals surface area contributed by atoms with Crippen LogP contribution >= 0.6 is 15.9 Å². The first-order chi connectivity index (χ1) is 8.19. The van der Waals surface area contributed by atoms with Crippen LogP contribution in [0.25, 0.3) is 0 Å². The van der Waals surface area contributed by atoms with E-state index in [0.717, 1.165) is 23.5 Å². The zero-order chi connectivity index (χ0) is 12.3. The standard InChI is InChI=1S/C14H14BrFO/c1-2-12-6-7-14(17-12)13(15)9-10-4-3-5-11(16)8-10/h3-8,13H,2,9H2,1H3. The molecule has 1 aromatic carbocycles. The maximum atomic E-state index is 13.0. The highest BCUT2D eigenvalue weighted by Gasteiger charge is 2.13. The van der Waals surface area contributed by atoms with Gasteiger partial charge in [0.05, 0.1) is 4.83 Å². The Morgan fingerprint density at radius 3 is 2.76 bits per heavy atom. The quantitative estimate of drug-likeness (QED) is 0.748. The number of hydrogen-bond donors (Lipinski definition) is 0. The minimum absolute atomic E-state index is 0.0876. The summed E-state index contributed by atoms with van der Waals surface area (Å²) >= 11 is 3.57. The van der Waals surface area contributed by atoms with Gasteiger partial charge in [0.1, 0.15) is 17.3 Å². The number of rotatable bonds is 4. The molecule has 0 saturated heterocycles. The fourth-order valence-corrected chi connectivity index (χ4v) is 2.34. The molecule has 17 heavy (non-hydrogen) atoms. The Labute approximate surface area is 109 Å². The molecular weight excluding hydrogens is 283 g/mol. The van der Waals surface area contributed by atoms with E-state index < -0.39 is 0 Å². The minimum Gasteiger partial charge on any atom is -0.465 e. The van der Waals surface area contributed by atoms with Gasteiger partial charge in [-0.15, -0.1) is 0 Å². The lowest BCUT2D eigenvalue weighted by atomic mass is 10.1. The molecule has 0 fully saturated rings. The van der Waals surface area contributed by atoms with Crippen molar-refractivity contribution in [3.05, 3.63) is 59.3 Å². The van der Waals surface area contributed by atoms with Gasteiger partial charge < -0.3 is 4.42 Å². The van der Waals surface area contributed by atoms with E-state index in [4.69, 9.17) is 4.42 Å². The largest absolute Gasteiger partial charge is 0.465 e. The fourth-order valence-electron chi connectivity index (χ4n) is 1.72. The lowest BCUT2D eigenvalue weighted by Crippen LogP contribution is -1.94. The first kappa shape index (κ1) is 12.4. The van der Waals surface area contributed by atoms with Crippen LogP contribution in [0.4, 0.5) is 4.39 Å². The van der Waals surface area contributed by atoms with E-state index in [1.807, 2.05) is 18.2 Å². The predicted molar refractivity (Wildman–Crippen MR) is 69.9 cm³/mol. The number of benzene rings is 1. The maximum Gasteiger partial charge on any atom is 0.123 e. The molecule has 3 heteroatoms. The summed E-state index contributed by atoms with van der Waals surface area (Å²) in [6.45, 7) is 2.05. The summed E-state index contributed by atoms with van der Waals surface area (Å²) < 4.78 is 18.7. The van der Waals surface area contributed by atoms with Gasteiger partial charge in [-0.1, -0.05) is 35.0 Å². The van der Waals surface area contributed by atoms with Crippen molar-refractivity contribution < 1.29 is 8.81 Å². The average Bonchev–Trinajstić information content (AvgIpc) is 2.77. The van der Waals surface area contributed by atoms with E-state index in [2.05, 4.69) is 22.9 Å². The number of furan rings is 1. The first-order valence-electron chi connectivity index (χ1n) is 5.66. The lowest BCUT2D eigenvalue weighted by molar-refractivity contribution is 0.467. The van der Waals surface area contributed by atoms with Crippen LogP contribution in [0.1, 0.15) is 28.8 Å². The highest BCUT2D eigenvalue weighted by Crippen LogP contribution is 2.28. The zero-order valence-electron chi connectivity index (χ0n) is 9.62. The SMILES string of the molecule is CCc1ccc(C(Br)Cc2cccc(F)c2)o1. The Morgan fingerprint density at radius 2 is 2.12 bits per heavy atom. The summed E-state index contributed by atoms with van der Waals surface area (Å²) in [5, 5.41) is 0. The molecule has 1 aromatic heterocycles. The van der Waals surface area contributed by atoms with E-state index in [0.29, 0.717) is 6.42 Å². The van der Waals surface area contributed by atoms with Crippen LogP contribution in [0, 0.1) is 5.82 Å². The second-order valence-corrected chi connectivity index (χ2v) is 5.06. The highest BCUT2D eigenvalue weighted by atomic mass is 79.9. The summed E-state index contributed by atoms with van der Waals surface area (Å²) in [5.74, 6) is 1.67. The van der Waals surface area contributed by atoms with Crippen LogP contribution in [0.5, 0.6) is 0 Å². The van der Waals surface area contributed by atoms with Crippen LogP contribution in [0.2, 0.25) is 0 Å². The van der Waals surface area contributed by atoms with Crippen molar-refractivity contribution in [2.75, 3.05) is 0 Å². The third-order valence-electron chi connectivity index (χ3n) is 2.64. The fraction of sp³-hybridized carbons (Fsp3) is 0.286. The molecule has 0 N–H and O–H groups in total. The van der Waals surface area contributed by atoms with Crippen LogP contribution in [0.15, 0.2) is 40.8 Å². The predicted octanol–water partition coefficient (Wildman–Crippen LogP) is 4.66.